The first-order chi connectivity index (χ1) is 10.7. The second-order valence-electron chi connectivity index (χ2n) is 6.31. The van der Waals surface area contributed by atoms with Crippen LogP contribution in [0.5, 0.6) is 0 Å². The first-order valence-electron chi connectivity index (χ1n) is 7.73. The van der Waals surface area contributed by atoms with Gasteiger partial charge in [-0.3, -0.25) is 4.79 Å². The Hall–Kier alpha value is -1.85. The van der Waals surface area contributed by atoms with Crippen LogP contribution < -0.4 is 0 Å². The molecule has 1 aromatic carbocycles. The molecule has 22 heavy (non-hydrogen) atoms. The van der Waals surface area contributed by atoms with Gasteiger partial charge < -0.3 is 19.4 Å². The lowest BCUT2D eigenvalue weighted by Gasteiger charge is -2.52. The van der Waals surface area contributed by atoms with Gasteiger partial charge in [0.1, 0.15) is 11.3 Å². The molecule has 1 spiro atoms. The van der Waals surface area contributed by atoms with Gasteiger partial charge in [-0.2, -0.15) is 0 Å². The fraction of sp³-hybridized carbons (Fsp3) is 0.471. The Morgan fingerprint density at radius 1 is 1.41 bits per heavy atom. The zero-order valence-electron chi connectivity index (χ0n) is 12.7. The third-order valence-corrected chi connectivity index (χ3v) is 4.79. The van der Waals surface area contributed by atoms with Crippen LogP contribution in [0.1, 0.15) is 23.3 Å². The Morgan fingerprint density at radius 2 is 2.23 bits per heavy atom. The van der Waals surface area contributed by atoms with E-state index in [2.05, 4.69) is 4.98 Å². The molecule has 5 heteroatoms. The van der Waals surface area contributed by atoms with Crippen molar-refractivity contribution in [3.05, 3.63) is 36.0 Å². The predicted octanol–water partition coefficient (Wildman–Crippen LogP) is 2.19. The number of H-pyrrole nitrogens is 1. The molecule has 0 saturated carbocycles. The van der Waals surface area contributed by atoms with Gasteiger partial charge in [0.25, 0.3) is 5.91 Å². The smallest absolute Gasteiger partial charge is 0.270 e. The van der Waals surface area contributed by atoms with Crippen LogP contribution in [-0.4, -0.2) is 54.3 Å². The van der Waals surface area contributed by atoms with E-state index in [9.17, 15) is 4.79 Å². The van der Waals surface area contributed by atoms with Crippen molar-refractivity contribution in [3.63, 3.8) is 0 Å². The third kappa shape index (κ3) is 2.21. The standard InChI is InChI=1S/C17H20N2O3/c1-21-13-6-7-22-17(9-13)10-19(11-17)16(20)15-8-12-4-2-3-5-14(12)18-15/h2-5,8,13,18H,6-7,9-11H2,1H3/t13-/m1/s1. The number of amides is 1. The summed E-state index contributed by atoms with van der Waals surface area (Å²) in [4.78, 5) is 17.6. The number of carbonyl (C=O) groups is 1. The molecule has 0 radical (unpaired) electrons. The van der Waals surface area contributed by atoms with Gasteiger partial charge >= 0.3 is 0 Å². The number of benzene rings is 1. The van der Waals surface area contributed by atoms with Gasteiger partial charge in [0.15, 0.2) is 0 Å². The fourth-order valence-corrected chi connectivity index (χ4v) is 3.56. The maximum Gasteiger partial charge on any atom is 0.270 e. The van der Waals surface area contributed by atoms with Gasteiger partial charge in [-0.25, -0.2) is 0 Å². The van der Waals surface area contributed by atoms with Gasteiger partial charge in [-0.05, 0) is 18.6 Å². The maximum atomic E-state index is 12.6. The van der Waals surface area contributed by atoms with Crippen LogP contribution in [0.4, 0.5) is 0 Å². The predicted molar refractivity (Wildman–Crippen MR) is 82.9 cm³/mol. The number of methoxy groups -OCH3 is 1. The number of likely N-dealkylation sites (tertiary alicyclic amines) is 1. The fourth-order valence-electron chi connectivity index (χ4n) is 3.56. The van der Waals surface area contributed by atoms with Crippen LogP contribution >= 0.6 is 0 Å². The van der Waals surface area contributed by atoms with E-state index in [1.54, 1.807) is 7.11 Å². The number of para-hydroxylation sites is 1. The lowest BCUT2D eigenvalue weighted by molar-refractivity contribution is -0.182. The summed E-state index contributed by atoms with van der Waals surface area (Å²) in [5.41, 5.74) is 1.45. The minimum atomic E-state index is -0.194. The second-order valence-corrected chi connectivity index (χ2v) is 6.31. The van der Waals surface area contributed by atoms with E-state index < -0.39 is 0 Å². The molecular weight excluding hydrogens is 280 g/mol. The molecule has 0 bridgehead atoms. The molecule has 1 aromatic heterocycles. The molecule has 2 aliphatic rings. The Bertz CT molecular complexity index is 670. The quantitative estimate of drug-likeness (QED) is 0.925. The summed E-state index contributed by atoms with van der Waals surface area (Å²) in [6, 6.07) is 9.85. The molecule has 2 saturated heterocycles. The molecule has 0 unspecified atom stereocenters. The zero-order chi connectivity index (χ0) is 15.2. The molecule has 116 valence electrons. The van der Waals surface area contributed by atoms with Crippen LogP contribution in [-0.2, 0) is 9.47 Å². The van der Waals surface area contributed by atoms with Gasteiger partial charge in [-0.1, -0.05) is 18.2 Å². The van der Waals surface area contributed by atoms with Crippen molar-refractivity contribution in [2.75, 3.05) is 26.8 Å². The van der Waals surface area contributed by atoms with Crippen LogP contribution in [0.25, 0.3) is 10.9 Å². The highest BCUT2D eigenvalue weighted by Gasteiger charge is 2.49. The SMILES string of the molecule is CO[C@@H]1CCOC2(C1)CN(C(=O)c1cc3ccccc3[nH]1)C2. The number of nitrogens with one attached hydrogen (secondary N) is 1. The average molecular weight is 300 g/mol. The van der Waals surface area contributed by atoms with Crippen molar-refractivity contribution < 1.29 is 14.3 Å². The highest BCUT2D eigenvalue weighted by molar-refractivity contribution is 5.98. The number of rotatable bonds is 2. The van der Waals surface area contributed by atoms with Crippen LogP contribution in [0.15, 0.2) is 30.3 Å². The maximum absolute atomic E-state index is 12.6. The molecular formula is C17H20N2O3. The molecule has 0 aliphatic carbocycles. The zero-order valence-corrected chi connectivity index (χ0v) is 12.7. The molecule has 2 aliphatic heterocycles. The second kappa shape index (κ2) is 5.11. The number of aromatic amines is 1. The van der Waals surface area contributed by atoms with Crippen LogP contribution in [0.3, 0.4) is 0 Å². The Balaban J connectivity index is 1.47. The van der Waals surface area contributed by atoms with Crippen LogP contribution in [0, 0.1) is 0 Å². The van der Waals surface area contributed by atoms with Gasteiger partial charge in [0.05, 0.1) is 19.2 Å². The summed E-state index contributed by atoms with van der Waals surface area (Å²) < 4.78 is 11.4. The van der Waals surface area contributed by atoms with Crippen molar-refractivity contribution in [1.82, 2.24) is 9.88 Å². The van der Waals surface area contributed by atoms with E-state index in [0.717, 1.165) is 23.7 Å². The summed E-state index contributed by atoms with van der Waals surface area (Å²) in [6.07, 6.45) is 2.06. The minimum Gasteiger partial charge on any atom is -0.381 e. The molecule has 2 fully saturated rings. The molecule has 4 rings (SSSR count). The summed E-state index contributed by atoms with van der Waals surface area (Å²) >= 11 is 0. The Labute approximate surface area is 129 Å². The summed E-state index contributed by atoms with van der Waals surface area (Å²) in [6.45, 7) is 2.02. The number of ether oxygens (including phenoxy) is 2. The molecule has 1 N–H and O–H groups in total. The highest BCUT2D eigenvalue weighted by Crippen LogP contribution is 2.36. The minimum absolute atomic E-state index is 0.0463. The van der Waals surface area contributed by atoms with Crippen molar-refractivity contribution in [2.45, 2.75) is 24.5 Å². The topological polar surface area (TPSA) is 54.6 Å². The van der Waals surface area contributed by atoms with Gasteiger partial charge in [0.2, 0.25) is 0 Å². The largest absolute Gasteiger partial charge is 0.381 e. The molecule has 2 aromatic rings. The van der Waals surface area contributed by atoms with Gasteiger partial charge in [-0.15, -0.1) is 0 Å². The van der Waals surface area contributed by atoms with E-state index in [1.165, 1.54) is 0 Å². The lowest BCUT2D eigenvalue weighted by atomic mass is 9.84. The van der Waals surface area contributed by atoms with E-state index in [0.29, 0.717) is 25.4 Å². The molecule has 5 nitrogen and oxygen atoms in total. The lowest BCUT2D eigenvalue weighted by Crippen LogP contribution is -2.67. The van der Waals surface area contributed by atoms with Crippen molar-refractivity contribution in [1.29, 1.82) is 0 Å². The van der Waals surface area contributed by atoms with Crippen LogP contribution in [0.2, 0.25) is 0 Å². The highest BCUT2D eigenvalue weighted by atomic mass is 16.5. The molecule has 1 atom stereocenters. The van der Waals surface area contributed by atoms with Gasteiger partial charge in [0, 0.05) is 31.0 Å². The first-order valence-corrected chi connectivity index (χ1v) is 7.73. The first kappa shape index (κ1) is 13.8. The molecule has 3 heterocycles. The van der Waals surface area contributed by atoms with E-state index in [1.807, 2.05) is 35.2 Å². The number of carbonyl (C=O) groups excluding carboxylic acids is 1. The van der Waals surface area contributed by atoms with Crippen molar-refractivity contribution >= 4 is 16.8 Å². The summed E-state index contributed by atoms with van der Waals surface area (Å²) in [5.74, 6) is 0.0463. The number of hydrogen-bond donors (Lipinski definition) is 1. The Kier molecular flexibility index (Phi) is 3.20. The number of nitrogens with zero attached hydrogens (tertiary/aromatic N) is 1. The molecule has 1 amide bonds. The number of fused-ring (bicyclic) bond motifs is 1. The van der Waals surface area contributed by atoms with E-state index in [-0.39, 0.29) is 17.6 Å². The van der Waals surface area contributed by atoms with Crippen molar-refractivity contribution in [2.24, 2.45) is 0 Å². The number of hydrogen-bond acceptors (Lipinski definition) is 3. The van der Waals surface area contributed by atoms with Crippen molar-refractivity contribution in [3.8, 4) is 0 Å². The normalized spacial score (nSPS) is 23.7. The summed E-state index contributed by atoms with van der Waals surface area (Å²) in [5, 5.41) is 1.06. The average Bonchev–Trinajstić information content (AvgIpc) is 2.96. The third-order valence-electron chi connectivity index (χ3n) is 4.79. The van der Waals surface area contributed by atoms with E-state index >= 15 is 0 Å². The Morgan fingerprint density at radius 3 is 3.00 bits per heavy atom. The monoisotopic (exact) mass is 300 g/mol. The summed E-state index contributed by atoms with van der Waals surface area (Å²) in [7, 11) is 1.75. The van der Waals surface area contributed by atoms with E-state index in [4.69, 9.17) is 9.47 Å². The number of aromatic nitrogens is 1.